The van der Waals surface area contributed by atoms with Crippen LogP contribution in [0.25, 0.3) is 11.6 Å². The first-order valence-corrected chi connectivity index (χ1v) is 7.94. The Balaban J connectivity index is 2.03. The van der Waals surface area contributed by atoms with Crippen molar-refractivity contribution in [3.63, 3.8) is 0 Å². The van der Waals surface area contributed by atoms with E-state index in [0.717, 1.165) is 37.2 Å². The number of allylic oxidation sites excluding steroid dienone is 1. The Morgan fingerprint density at radius 1 is 1.23 bits per heavy atom. The second-order valence-electron chi connectivity index (χ2n) is 5.24. The molecule has 0 saturated heterocycles. The predicted molar refractivity (Wildman–Crippen MR) is 87.5 cm³/mol. The molecule has 0 unspecified atom stereocenters. The third-order valence-corrected chi connectivity index (χ3v) is 4.30. The Kier molecular flexibility index (Phi) is 4.47. The van der Waals surface area contributed by atoms with E-state index in [1.807, 2.05) is 4.57 Å². The van der Waals surface area contributed by atoms with Crippen molar-refractivity contribution in [2.45, 2.75) is 32.2 Å². The topological polar surface area (TPSA) is 54.5 Å². The molecule has 0 amide bonds. The van der Waals surface area contributed by atoms with E-state index in [1.165, 1.54) is 6.42 Å². The minimum atomic E-state index is 0.463. The van der Waals surface area contributed by atoms with Gasteiger partial charge in [0.15, 0.2) is 5.82 Å². The fraction of sp³-hybridized carbons (Fsp3) is 0.312. The number of nitrogens with zero attached hydrogens (tertiary/aromatic N) is 4. The number of hydrogen-bond donors (Lipinski definition) is 0. The van der Waals surface area contributed by atoms with Gasteiger partial charge >= 0.3 is 0 Å². The summed E-state index contributed by atoms with van der Waals surface area (Å²) in [7, 11) is 0. The van der Waals surface area contributed by atoms with E-state index in [4.69, 9.17) is 23.2 Å². The van der Waals surface area contributed by atoms with Crippen LogP contribution in [-0.4, -0.2) is 14.8 Å². The summed E-state index contributed by atoms with van der Waals surface area (Å²) in [6.45, 7) is 0.852. The summed E-state index contributed by atoms with van der Waals surface area (Å²) >= 11 is 12.1. The highest BCUT2D eigenvalue weighted by molar-refractivity contribution is 6.35. The molecule has 1 aliphatic rings. The van der Waals surface area contributed by atoms with Crippen LogP contribution in [0.15, 0.2) is 18.2 Å². The molecule has 0 radical (unpaired) electrons. The molecule has 1 aromatic carbocycles. The van der Waals surface area contributed by atoms with Crippen molar-refractivity contribution < 1.29 is 0 Å². The van der Waals surface area contributed by atoms with Crippen LogP contribution in [0, 0.1) is 11.3 Å². The zero-order chi connectivity index (χ0) is 15.5. The van der Waals surface area contributed by atoms with Crippen LogP contribution in [0.5, 0.6) is 0 Å². The highest BCUT2D eigenvalue weighted by Gasteiger charge is 2.17. The van der Waals surface area contributed by atoms with Gasteiger partial charge in [0.25, 0.3) is 0 Å². The first-order valence-electron chi connectivity index (χ1n) is 7.18. The largest absolute Gasteiger partial charge is 0.310 e. The molecule has 0 atom stereocenters. The summed E-state index contributed by atoms with van der Waals surface area (Å²) < 4.78 is 2.05. The molecular formula is C16H14Cl2N4. The molecule has 2 heterocycles. The van der Waals surface area contributed by atoms with Crippen molar-refractivity contribution in [3.8, 4) is 6.07 Å². The van der Waals surface area contributed by atoms with Gasteiger partial charge in [-0.25, -0.2) is 0 Å². The first-order chi connectivity index (χ1) is 10.7. The summed E-state index contributed by atoms with van der Waals surface area (Å²) in [5, 5.41) is 19.0. The van der Waals surface area contributed by atoms with Gasteiger partial charge in [-0.1, -0.05) is 35.7 Å². The van der Waals surface area contributed by atoms with Gasteiger partial charge in [0.2, 0.25) is 0 Å². The van der Waals surface area contributed by atoms with Gasteiger partial charge in [-0.15, -0.1) is 10.2 Å². The maximum Gasteiger partial charge on any atom is 0.174 e. The standard InChI is InChI=1S/C16H14Cl2N4/c17-13-6-5-11(14(18)9-13)8-12(10-19)16-21-20-15-4-2-1-3-7-22(15)16/h5-6,8-9H,1-4,7H2. The van der Waals surface area contributed by atoms with E-state index in [0.29, 0.717) is 21.4 Å². The molecule has 0 bridgehead atoms. The molecule has 1 aliphatic heterocycles. The number of nitriles is 1. The van der Waals surface area contributed by atoms with Crippen molar-refractivity contribution in [1.82, 2.24) is 14.8 Å². The van der Waals surface area contributed by atoms with Crippen LogP contribution in [0.4, 0.5) is 0 Å². The number of benzene rings is 1. The van der Waals surface area contributed by atoms with Crippen molar-refractivity contribution >= 4 is 34.9 Å². The molecule has 0 spiro atoms. The Bertz CT molecular complexity index is 771. The maximum atomic E-state index is 9.51. The van der Waals surface area contributed by atoms with Gasteiger partial charge in [0.05, 0.1) is 5.57 Å². The monoisotopic (exact) mass is 332 g/mol. The second-order valence-corrected chi connectivity index (χ2v) is 6.08. The third-order valence-electron chi connectivity index (χ3n) is 3.73. The minimum Gasteiger partial charge on any atom is -0.310 e. The summed E-state index contributed by atoms with van der Waals surface area (Å²) in [4.78, 5) is 0. The van der Waals surface area contributed by atoms with Gasteiger partial charge in [-0.05, 0) is 36.6 Å². The number of aryl methyl sites for hydroxylation is 1. The van der Waals surface area contributed by atoms with E-state index < -0.39 is 0 Å². The lowest BCUT2D eigenvalue weighted by Crippen LogP contribution is -2.05. The number of fused-ring (bicyclic) bond motifs is 1. The van der Waals surface area contributed by atoms with Crippen molar-refractivity contribution in [1.29, 1.82) is 5.26 Å². The Labute approximate surface area is 139 Å². The third kappa shape index (κ3) is 3.01. The fourth-order valence-corrected chi connectivity index (χ4v) is 3.07. The van der Waals surface area contributed by atoms with Gasteiger partial charge in [0, 0.05) is 23.0 Å². The number of halogens is 2. The SMILES string of the molecule is N#CC(=Cc1ccc(Cl)cc1Cl)c1nnc2n1CCCCC2. The number of rotatable bonds is 2. The summed E-state index contributed by atoms with van der Waals surface area (Å²) in [6.07, 6.45) is 6.02. The molecule has 0 aliphatic carbocycles. The molecule has 0 saturated carbocycles. The van der Waals surface area contributed by atoms with E-state index in [-0.39, 0.29) is 0 Å². The summed E-state index contributed by atoms with van der Waals surface area (Å²) in [5.41, 5.74) is 1.21. The average molecular weight is 333 g/mol. The smallest absolute Gasteiger partial charge is 0.174 e. The number of hydrogen-bond acceptors (Lipinski definition) is 3. The van der Waals surface area contributed by atoms with Gasteiger partial charge in [0.1, 0.15) is 11.9 Å². The molecule has 1 aromatic heterocycles. The minimum absolute atomic E-state index is 0.463. The average Bonchev–Trinajstić information content (AvgIpc) is 2.75. The Hall–Kier alpha value is -1.83. The normalized spacial score (nSPS) is 15.0. The van der Waals surface area contributed by atoms with Crippen LogP contribution in [-0.2, 0) is 13.0 Å². The van der Waals surface area contributed by atoms with E-state index in [2.05, 4.69) is 16.3 Å². The Morgan fingerprint density at radius 2 is 2.09 bits per heavy atom. The molecule has 4 nitrogen and oxygen atoms in total. The van der Waals surface area contributed by atoms with Crippen LogP contribution in [0.2, 0.25) is 10.0 Å². The molecule has 22 heavy (non-hydrogen) atoms. The van der Waals surface area contributed by atoms with Crippen molar-refractivity contribution in [2.24, 2.45) is 0 Å². The van der Waals surface area contributed by atoms with Crippen LogP contribution in [0.1, 0.15) is 36.5 Å². The molecule has 112 valence electrons. The van der Waals surface area contributed by atoms with Crippen LogP contribution in [0.3, 0.4) is 0 Å². The van der Waals surface area contributed by atoms with E-state index >= 15 is 0 Å². The Morgan fingerprint density at radius 3 is 2.86 bits per heavy atom. The highest BCUT2D eigenvalue weighted by atomic mass is 35.5. The molecule has 6 heteroatoms. The number of aromatic nitrogens is 3. The summed E-state index contributed by atoms with van der Waals surface area (Å²) in [5.74, 6) is 1.57. The zero-order valence-electron chi connectivity index (χ0n) is 11.9. The fourth-order valence-electron chi connectivity index (χ4n) is 2.61. The highest BCUT2D eigenvalue weighted by Crippen LogP contribution is 2.26. The zero-order valence-corrected chi connectivity index (χ0v) is 13.4. The van der Waals surface area contributed by atoms with E-state index in [9.17, 15) is 5.26 Å². The van der Waals surface area contributed by atoms with Gasteiger partial charge in [-0.3, -0.25) is 0 Å². The maximum absolute atomic E-state index is 9.51. The molecule has 3 rings (SSSR count). The van der Waals surface area contributed by atoms with Crippen LogP contribution < -0.4 is 0 Å². The second kappa shape index (κ2) is 6.51. The van der Waals surface area contributed by atoms with Crippen molar-refractivity contribution in [2.75, 3.05) is 0 Å². The summed E-state index contributed by atoms with van der Waals surface area (Å²) in [6, 6.07) is 7.41. The van der Waals surface area contributed by atoms with E-state index in [1.54, 1.807) is 24.3 Å². The van der Waals surface area contributed by atoms with Crippen LogP contribution >= 0.6 is 23.2 Å². The lowest BCUT2D eigenvalue weighted by atomic mass is 10.1. The molecule has 2 aromatic rings. The first kappa shape index (κ1) is 15.1. The quantitative estimate of drug-likeness (QED) is 0.767. The predicted octanol–water partition coefficient (Wildman–Crippen LogP) is 4.38. The van der Waals surface area contributed by atoms with Gasteiger partial charge < -0.3 is 4.57 Å². The van der Waals surface area contributed by atoms with Crippen molar-refractivity contribution in [3.05, 3.63) is 45.5 Å². The molecular weight excluding hydrogens is 319 g/mol. The molecule has 0 fully saturated rings. The lowest BCUT2D eigenvalue weighted by Gasteiger charge is -2.06. The molecule has 0 N–H and O–H groups in total. The lowest BCUT2D eigenvalue weighted by molar-refractivity contribution is 0.627. The van der Waals surface area contributed by atoms with Gasteiger partial charge in [-0.2, -0.15) is 5.26 Å².